The summed E-state index contributed by atoms with van der Waals surface area (Å²) in [6.45, 7) is 0.796. The van der Waals surface area contributed by atoms with E-state index in [1.165, 1.54) is 0 Å². The summed E-state index contributed by atoms with van der Waals surface area (Å²) >= 11 is 0. The monoisotopic (exact) mass is 380 g/mol. The van der Waals surface area contributed by atoms with Crippen molar-refractivity contribution in [1.82, 2.24) is 9.29 Å². The summed E-state index contributed by atoms with van der Waals surface area (Å²) in [5, 5.41) is 0. The van der Waals surface area contributed by atoms with Gasteiger partial charge in [-0.2, -0.15) is 17.5 Å². The second-order valence-corrected chi connectivity index (χ2v) is 8.24. The molecule has 25 heavy (non-hydrogen) atoms. The Balaban J connectivity index is 1.49. The van der Waals surface area contributed by atoms with E-state index in [-0.39, 0.29) is 19.0 Å². The fourth-order valence-electron chi connectivity index (χ4n) is 3.30. The summed E-state index contributed by atoms with van der Waals surface area (Å²) < 4.78 is 72.3. The first-order valence-corrected chi connectivity index (χ1v) is 9.36. The maximum atomic E-state index is 12.6. The van der Waals surface area contributed by atoms with Gasteiger partial charge in [-0.3, -0.25) is 4.98 Å². The first-order valence-electron chi connectivity index (χ1n) is 7.92. The van der Waals surface area contributed by atoms with Crippen molar-refractivity contribution in [2.24, 2.45) is 5.92 Å². The molecule has 6 nitrogen and oxygen atoms in total. The van der Waals surface area contributed by atoms with Gasteiger partial charge >= 0.3 is 15.5 Å². The normalized spacial score (nSPS) is 23.7. The van der Waals surface area contributed by atoms with Gasteiger partial charge in [-0.25, -0.2) is 8.42 Å². The van der Waals surface area contributed by atoms with Crippen molar-refractivity contribution in [3.8, 4) is 0 Å². The number of rotatable bonds is 6. The van der Waals surface area contributed by atoms with Crippen LogP contribution in [-0.4, -0.2) is 55.1 Å². The molecule has 10 heteroatoms. The van der Waals surface area contributed by atoms with Gasteiger partial charge < -0.3 is 9.47 Å². The van der Waals surface area contributed by atoms with Crippen LogP contribution in [-0.2, 0) is 26.1 Å². The first-order chi connectivity index (χ1) is 11.7. The number of aromatic nitrogens is 1. The van der Waals surface area contributed by atoms with Gasteiger partial charge in [-0.1, -0.05) is 0 Å². The van der Waals surface area contributed by atoms with Crippen LogP contribution in [0.4, 0.5) is 13.2 Å². The predicted molar refractivity (Wildman–Crippen MR) is 81.8 cm³/mol. The number of hydrogen-bond donors (Lipinski definition) is 0. The summed E-state index contributed by atoms with van der Waals surface area (Å²) in [4.78, 5) is 3.91. The Bertz CT molecular complexity index is 690. The van der Waals surface area contributed by atoms with E-state index in [0.29, 0.717) is 37.0 Å². The Morgan fingerprint density at radius 3 is 2.64 bits per heavy atom. The zero-order valence-corrected chi connectivity index (χ0v) is 14.2. The third kappa shape index (κ3) is 3.67. The molecule has 1 aromatic heterocycles. The molecule has 0 saturated carbocycles. The number of nitrogens with zero attached hydrogens (tertiary/aromatic N) is 2. The van der Waals surface area contributed by atoms with Crippen LogP contribution in [0.25, 0.3) is 0 Å². The number of pyridine rings is 1. The number of hydrogen-bond acceptors (Lipinski definition) is 5. The van der Waals surface area contributed by atoms with Crippen LogP contribution in [0.2, 0.25) is 0 Å². The quantitative estimate of drug-likeness (QED) is 0.706. The Kier molecular flexibility index (Phi) is 5.06. The van der Waals surface area contributed by atoms with Crippen molar-refractivity contribution in [2.45, 2.75) is 30.6 Å². The zero-order chi connectivity index (χ0) is 18.1. The van der Waals surface area contributed by atoms with Gasteiger partial charge in [-0.05, 0) is 36.5 Å². The summed E-state index contributed by atoms with van der Waals surface area (Å²) in [5.41, 5.74) is -5.09. The van der Waals surface area contributed by atoms with E-state index in [4.69, 9.17) is 9.47 Å². The minimum absolute atomic E-state index is 0.00961. The molecule has 0 bridgehead atoms. The second-order valence-electron chi connectivity index (χ2n) is 6.31. The molecule has 0 radical (unpaired) electrons. The molecule has 0 N–H and O–H groups in total. The van der Waals surface area contributed by atoms with Gasteiger partial charge in [0.1, 0.15) is 0 Å². The molecule has 1 spiro atoms. The van der Waals surface area contributed by atoms with E-state index in [2.05, 4.69) is 4.98 Å². The van der Waals surface area contributed by atoms with Gasteiger partial charge in [0, 0.05) is 38.7 Å². The second kappa shape index (κ2) is 6.82. The minimum atomic E-state index is -5.27. The average molecular weight is 380 g/mol. The molecule has 1 unspecified atom stereocenters. The van der Waals surface area contributed by atoms with Crippen LogP contribution in [0.15, 0.2) is 24.5 Å². The van der Waals surface area contributed by atoms with Crippen LogP contribution in [0.3, 0.4) is 0 Å². The fourth-order valence-corrected chi connectivity index (χ4v) is 4.37. The smallest absolute Gasteiger partial charge is 0.377 e. The van der Waals surface area contributed by atoms with Crippen LogP contribution >= 0.6 is 0 Å². The number of halogens is 3. The Hall–Kier alpha value is -1.23. The van der Waals surface area contributed by atoms with Crippen LogP contribution in [0, 0.1) is 5.92 Å². The largest absolute Gasteiger partial charge is 0.511 e. The molecule has 140 valence electrons. The first kappa shape index (κ1) is 18.6. The number of alkyl halides is 3. The Labute approximate surface area is 144 Å². The van der Waals surface area contributed by atoms with E-state index < -0.39 is 21.1 Å². The van der Waals surface area contributed by atoms with E-state index in [1.54, 1.807) is 12.4 Å². The lowest BCUT2D eigenvalue weighted by Crippen LogP contribution is -2.67. The third-order valence-electron chi connectivity index (χ3n) is 4.75. The molecule has 1 atom stereocenters. The van der Waals surface area contributed by atoms with Crippen molar-refractivity contribution >= 4 is 10.0 Å². The highest BCUT2D eigenvalue weighted by atomic mass is 32.2. The van der Waals surface area contributed by atoms with Crippen molar-refractivity contribution < 1.29 is 31.1 Å². The SMILES string of the molecule is O=S(=O)(N1CC2(C1)OCCC2CCOCc1ccncc1)C(F)(F)F. The van der Waals surface area contributed by atoms with E-state index in [1.807, 2.05) is 12.1 Å². The Morgan fingerprint density at radius 2 is 2.00 bits per heavy atom. The van der Waals surface area contributed by atoms with Crippen LogP contribution in [0.1, 0.15) is 18.4 Å². The predicted octanol–water partition coefficient (Wildman–Crippen LogP) is 1.93. The summed E-state index contributed by atoms with van der Waals surface area (Å²) in [5.74, 6) is -0.00961. The van der Waals surface area contributed by atoms with Crippen LogP contribution < -0.4 is 0 Å². The topological polar surface area (TPSA) is 68.7 Å². The maximum absolute atomic E-state index is 12.6. The molecule has 0 amide bonds. The van der Waals surface area contributed by atoms with Gasteiger partial charge in [0.15, 0.2) is 0 Å². The van der Waals surface area contributed by atoms with Crippen molar-refractivity contribution in [1.29, 1.82) is 0 Å². The molecule has 2 saturated heterocycles. The summed E-state index contributed by atoms with van der Waals surface area (Å²) in [7, 11) is -5.27. The van der Waals surface area contributed by atoms with E-state index in [9.17, 15) is 21.6 Å². The number of sulfonamides is 1. The molecular weight excluding hydrogens is 361 g/mol. The molecule has 3 heterocycles. The van der Waals surface area contributed by atoms with Gasteiger partial charge in [0.05, 0.1) is 12.2 Å². The molecule has 2 fully saturated rings. The average Bonchev–Trinajstić information content (AvgIpc) is 2.94. The molecule has 2 aliphatic heterocycles. The van der Waals surface area contributed by atoms with Crippen molar-refractivity contribution in [2.75, 3.05) is 26.3 Å². The third-order valence-corrected chi connectivity index (χ3v) is 6.27. The van der Waals surface area contributed by atoms with Crippen molar-refractivity contribution in [3.05, 3.63) is 30.1 Å². The lowest BCUT2D eigenvalue weighted by atomic mass is 9.80. The van der Waals surface area contributed by atoms with Gasteiger partial charge in [-0.15, -0.1) is 0 Å². The molecule has 0 aliphatic carbocycles. The molecule has 0 aromatic carbocycles. The minimum Gasteiger partial charge on any atom is -0.377 e. The maximum Gasteiger partial charge on any atom is 0.511 e. The zero-order valence-electron chi connectivity index (χ0n) is 13.4. The summed E-state index contributed by atoms with van der Waals surface area (Å²) in [6, 6.07) is 3.68. The molecule has 3 rings (SSSR count). The van der Waals surface area contributed by atoms with Crippen LogP contribution in [0.5, 0.6) is 0 Å². The molecular formula is C15H19F3N2O4S. The highest BCUT2D eigenvalue weighted by Gasteiger charge is 2.61. The number of ether oxygens (including phenoxy) is 2. The summed E-state index contributed by atoms with van der Waals surface area (Å²) in [6.07, 6.45) is 4.65. The standard InChI is InChI=1S/C15H19F3N2O4S/c16-15(17,18)25(21,22)20-10-14(11-20)13(4-8-24-14)3-7-23-9-12-1-5-19-6-2-12/h1-2,5-6,13H,3-4,7-11H2. The van der Waals surface area contributed by atoms with Crippen molar-refractivity contribution in [3.63, 3.8) is 0 Å². The fraction of sp³-hybridized carbons (Fsp3) is 0.667. The molecule has 2 aliphatic rings. The van der Waals surface area contributed by atoms with Gasteiger partial charge in [0.25, 0.3) is 0 Å². The highest BCUT2D eigenvalue weighted by Crippen LogP contribution is 2.44. The van der Waals surface area contributed by atoms with Gasteiger partial charge in [0.2, 0.25) is 0 Å². The Morgan fingerprint density at radius 1 is 1.32 bits per heavy atom. The lowest BCUT2D eigenvalue weighted by molar-refractivity contribution is -0.115. The highest BCUT2D eigenvalue weighted by molar-refractivity contribution is 7.90. The van der Waals surface area contributed by atoms with E-state index in [0.717, 1.165) is 5.56 Å². The molecule has 1 aromatic rings. The lowest BCUT2D eigenvalue weighted by Gasteiger charge is -2.49. The van der Waals surface area contributed by atoms with E-state index >= 15 is 0 Å².